The number of para-hydroxylation sites is 2. The number of aromatic amines is 1. The van der Waals surface area contributed by atoms with Gasteiger partial charge in [0.1, 0.15) is 9.71 Å². The molecule has 0 radical (unpaired) electrons. The summed E-state index contributed by atoms with van der Waals surface area (Å²) in [6.07, 6.45) is 0. The number of carboxylic acid groups (broad SMARTS) is 1. The van der Waals surface area contributed by atoms with Gasteiger partial charge in [0.2, 0.25) is 5.95 Å². The Bertz CT molecular complexity index is 962. The van der Waals surface area contributed by atoms with Gasteiger partial charge in [-0.1, -0.05) is 12.1 Å². The highest BCUT2D eigenvalue weighted by Crippen LogP contribution is 2.30. The van der Waals surface area contributed by atoms with Crippen molar-refractivity contribution < 1.29 is 9.90 Å². The van der Waals surface area contributed by atoms with Crippen LogP contribution in [-0.2, 0) is 0 Å². The Morgan fingerprint density at radius 1 is 1.38 bits per heavy atom. The van der Waals surface area contributed by atoms with Gasteiger partial charge in [-0.05, 0) is 25.1 Å². The molecule has 4 rings (SSSR count). The molecule has 3 heterocycles. The monoisotopic (exact) mass is 298 g/mol. The van der Waals surface area contributed by atoms with Crippen LogP contribution in [0.5, 0.6) is 0 Å². The maximum absolute atomic E-state index is 11.1. The van der Waals surface area contributed by atoms with Crippen molar-refractivity contribution in [2.75, 3.05) is 0 Å². The number of rotatable bonds is 2. The second-order valence-electron chi connectivity index (χ2n) is 4.71. The first-order valence-corrected chi connectivity index (χ1v) is 7.13. The van der Waals surface area contributed by atoms with Gasteiger partial charge in [-0.25, -0.2) is 9.78 Å². The number of hydrogen-bond acceptors (Lipinski definition) is 4. The summed E-state index contributed by atoms with van der Waals surface area (Å²) in [4.78, 5) is 19.9. The third-order valence-electron chi connectivity index (χ3n) is 3.33. The lowest BCUT2D eigenvalue weighted by Crippen LogP contribution is -1.98. The smallest absolute Gasteiger partial charge is 0.345 e. The molecule has 0 saturated heterocycles. The van der Waals surface area contributed by atoms with Crippen molar-refractivity contribution in [2.45, 2.75) is 6.92 Å². The lowest BCUT2D eigenvalue weighted by atomic mass is 10.3. The van der Waals surface area contributed by atoms with Gasteiger partial charge in [0.25, 0.3) is 0 Å². The number of nitrogens with one attached hydrogen (secondary N) is 1. The molecule has 0 aliphatic rings. The van der Waals surface area contributed by atoms with Crippen LogP contribution >= 0.6 is 11.3 Å². The van der Waals surface area contributed by atoms with Crippen molar-refractivity contribution in [3.05, 3.63) is 40.9 Å². The number of fused-ring (bicyclic) bond motifs is 2. The van der Waals surface area contributed by atoms with E-state index in [0.717, 1.165) is 26.9 Å². The fraction of sp³-hybridized carbons (Fsp3) is 0.0714. The van der Waals surface area contributed by atoms with Crippen LogP contribution < -0.4 is 0 Å². The number of aryl methyl sites for hydroxylation is 1. The molecular weight excluding hydrogens is 288 g/mol. The molecule has 4 aromatic rings. The number of nitrogens with zero attached hydrogens (tertiary/aromatic N) is 3. The number of aromatic nitrogens is 4. The van der Waals surface area contributed by atoms with Crippen LogP contribution in [0.3, 0.4) is 0 Å². The first kappa shape index (κ1) is 12.1. The minimum atomic E-state index is -0.924. The molecule has 6 nitrogen and oxygen atoms in total. The van der Waals surface area contributed by atoms with E-state index in [4.69, 9.17) is 5.11 Å². The summed E-state index contributed by atoms with van der Waals surface area (Å²) in [5, 5.41) is 14.4. The van der Waals surface area contributed by atoms with Crippen molar-refractivity contribution in [1.82, 2.24) is 19.7 Å². The minimum absolute atomic E-state index is 0.301. The normalized spacial score (nSPS) is 11.5. The molecule has 0 bridgehead atoms. The highest BCUT2D eigenvalue weighted by atomic mass is 32.1. The van der Waals surface area contributed by atoms with Crippen LogP contribution in [0, 0.1) is 6.92 Å². The third-order valence-corrected chi connectivity index (χ3v) is 4.43. The predicted octanol–water partition coefficient (Wildman–Crippen LogP) is 2.97. The molecule has 21 heavy (non-hydrogen) atoms. The van der Waals surface area contributed by atoms with Gasteiger partial charge >= 0.3 is 5.97 Å². The van der Waals surface area contributed by atoms with Crippen LogP contribution in [0.25, 0.3) is 27.2 Å². The van der Waals surface area contributed by atoms with Gasteiger partial charge in [0.15, 0.2) is 0 Å². The third kappa shape index (κ3) is 1.74. The minimum Gasteiger partial charge on any atom is -0.477 e. The molecule has 0 fully saturated rings. The molecule has 0 aliphatic carbocycles. The zero-order valence-electron chi connectivity index (χ0n) is 11.0. The molecule has 0 aliphatic heterocycles. The molecule has 1 aromatic carbocycles. The number of H-pyrrole nitrogens is 1. The maximum atomic E-state index is 11.1. The number of benzene rings is 1. The van der Waals surface area contributed by atoms with Crippen molar-refractivity contribution in [3.63, 3.8) is 0 Å². The Balaban J connectivity index is 1.98. The SMILES string of the molecule is Cc1nn(-c2nc3ccccc3[nH]2)c2sc(C(=O)O)cc12. The Morgan fingerprint density at radius 3 is 2.95 bits per heavy atom. The summed E-state index contributed by atoms with van der Waals surface area (Å²) in [6, 6.07) is 9.37. The second-order valence-corrected chi connectivity index (χ2v) is 5.74. The Hall–Kier alpha value is -2.67. The maximum Gasteiger partial charge on any atom is 0.345 e. The first-order valence-electron chi connectivity index (χ1n) is 6.31. The fourth-order valence-corrected chi connectivity index (χ4v) is 3.34. The number of hydrogen-bond donors (Lipinski definition) is 2. The van der Waals surface area contributed by atoms with Crippen molar-refractivity contribution in [2.24, 2.45) is 0 Å². The van der Waals surface area contributed by atoms with E-state index >= 15 is 0 Å². The summed E-state index contributed by atoms with van der Waals surface area (Å²) in [6.45, 7) is 1.86. The van der Waals surface area contributed by atoms with Crippen LogP contribution in [-0.4, -0.2) is 30.8 Å². The summed E-state index contributed by atoms with van der Waals surface area (Å²) in [7, 11) is 0. The van der Waals surface area contributed by atoms with E-state index in [0.29, 0.717) is 10.8 Å². The van der Waals surface area contributed by atoms with E-state index in [2.05, 4.69) is 15.1 Å². The average molecular weight is 298 g/mol. The van der Waals surface area contributed by atoms with E-state index in [1.165, 1.54) is 11.3 Å². The van der Waals surface area contributed by atoms with Crippen LogP contribution in [0.4, 0.5) is 0 Å². The van der Waals surface area contributed by atoms with Crippen LogP contribution in [0.15, 0.2) is 30.3 Å². The summed E-state index contributed by atoms with van der Waals surface area (Å²) in [5.41, 5.74) is 2.56. The van der Waals surface area contributed by atoms with Crippen molar-refractivity contribution >= 4 is 38.6 Å². The van der Waals surface area contributed by atoms with E-state index < -0.39 is 5.97 Å². The van der Waals surface area contributed by atoms with Crippen molar-refractivity contribution in [3.8, 4) is 5.95 Å². The molecule has 0 unspecified atom stereocenters. The predicted molar refractivity (Wildman–Crippen MR) is 80.3 cm³/mol. The summed E-state index contributed by atoms with van der Waals surface area (Å²) >= 11 is 1.20. The lowest BCUT2D eigenvalue weighted by Gasteiger charge is -1.95. The molecule has 7 heteroatoms. The van der Waals surface area contributed by atoms with Gasteiger partial charge in [0, 0.05) is 5.39 Å². The highest BCUT2D eigenvalue weighted by Gasteiger charge is 2.18. The standard InChI is InChI=1S/C14H10N4O2S/c1-7-8-6-11(13(19)20)21-12(8)18(17-7)14-15-9-4-2-3-5-10(9)16-14/h2-6H,1H3,(H,15,16)(H,19,20). The largest absolute Gasteiger partial charge is 0.477 e. The van der Waals surface area contributed by atoms with Gasteiger partial charge in [-0.2, -0.15) is 9.78 Å². The Labute approximate surface area is 122 Å². The summed E-state index contributed by atoms with van der Waals surface area (Å²) < 4.78 is 1.67. The molecule has 0 atom stereocenters. The molecular formula is C14H10N4O2S. The Kier molecular flexibility index (Phi) is 2.40. The lowest BCUT2D eigenvalue weighted by molar-refractivity contribution is 0.0702. The topological polar surface area (TPSA) is 83.8 Å². The molecule has 104 valence electrons. The fourth-order valence-electron chi connectivity index (χ4n) is 2.34. The van der Waals surface area contributed by atoms with Gasteiger partial charge in [-0.15, -0.1) is 11.3 Å². The number of imidazole rings is 1. The molecule has 0 amide bonds. The van der Waals surface area contributed by atoms with E-state index in [-0.39, 0.29) is 0 Å². The van der Waals surface area contributed by atoms with E-state index in [1.54, 1.807) is 10.7 Å². The zero-order valence-corrected chi connectivity index (χ0v) is 11.8. The number of aromatic carboxylic acids is 1. The Morgan fingerprint density at radius 2 is 2.19 bits per heavy atom. The number of carboxylic acids is 1. The van der Waals surface area contributed by atoms with Gasteiger partial charge in [0.05, 0.1) is 16.7 Å². The highest BCUT2D eigenvalue weighted by molar-refractivity contribution is 7.20. The first-order chi connectivity index (χ1) is 10.1. The zero-order chi connectivity index (χ0) is 14.6. The van der Waals surface area contributed by atoms with E-state index in [9.17, 15) is 4.79 Å². The molecule has 0 saturated carbocycles. The quantitative estimate of drug-likeness (QED) is 0.596. The second kappa shape index (κ2) is 4.16. The van der Waals surface area contributed by atoms with Gasteiger partial charge < -0.3 is 10.1 Å². The number of thiophene rings is 1. The summed E-state index contributed by atoms with van der Waals surface area (Å²) in [5.74, 6) is -0.333. The molecule has 3 aromatic heterocycles. The van der Waals surface area contributed by atoms with Crippen LogP contribution in [0.1, 0.15) is 15.4 Å². The molecule has 0 spiro atoms. The molecule has 2 N–H and O–H groups in total. The van der Waals surface area contributed by atoms with Crippen molar-refractivity contribution in [1.29, 1.82) is 0 Å². The van der Waals surface area contributed by atoms with Gasteiger partial charge in [-0.3, -0.25) is 0 Å². The average Bonchev–Trinajstić information content (AvgIpc) is 3.13. The number of carbonyl (C=O) groups is 1. The van der Waals surface area contributed by atoms with Crippen LogP contribution in [0.2, 0.25) is 0 Å². The van der Waals surface area contributed by atoms with E-state index in [1.807, 2.05) is 31.2 Å².